The van der Waals surface area contributed by atoms with E-state index in [1.165, 1.54) is 6.08 Å². The predicted molar refractivity (Wildman–Crippen MR) is 152 cm³/mol. The van der Waals surface area contributed by atoms with Gasteiger partial charge in [0, 0.05) is 0 Å². The van der Waals surface area contributed by atoms with E-state index in [4.69, 9.17) is 16.3 Å². The van der Waals surface area contributed by atoms with Crippen LogP contribution in [-0.2, 0) is 16.2 Å². The molecule has 1 heterocycles. The fourth-order valence-electron chi connectivity index (χ4n) is 4.29. The highest BCUT2D eigenvalue weighted by molar-refractivity contribution is 9.10. The molecule has 4 amide bonds. The topological polar surface area (TPSA) is 75.7 Å². The number of anilines is 1. The van der Waals surface area contributed by atoms with Gasteiger partial charge in [0.15, 0.2) is 5.75 Å². The summed E-state index contributed by atoms with van der Waals surface area (Å²) in [5.74, 6) is -1.05. The largest absolute Gasteiger partial charge is 0.486 e. The molecule has 5 rings (SSSR count). The summed E-state index contributed by atoms with van der Waals surface area (Å²) in [6, 6.07) is 21.8. The summed E-state index contributed by atoms with van der Waals surface area (Å²) < 4.78 is 6.62. The van der Waals surface area contributed by atoms with Crippen LogP contribution in [0.25, 0.3) is 16.8 Å². The lowest BCUT2D eigenvalue weighted by Gasteiger charge is -2.27. The molecule has 0 saturated carbocycles. The first-order valence-electron chi connectivity index (χ1n) is 11.8. The van der Waals surface area contributed by atoms with Gasteiger partial charge in [-0.2, -0.15) is 0 Å². The van der Waals surface area contributed by atoms with E-state index >= 15 is 0 Å². The van der Waals surface area contributed by atoms with Gasteiger partial charge in [-0.05, 0) is 93.1 Å². The summed E-state index contributed by atoms with van der Waals surface area (Å²) in [4.78, 5) is 39.4. The highest BCUT2D eigenvalue weighted by Gasteiger charge is 2.37. The molecule has 1 fully saturated rings. The Morgan fingerprint density at radius 2 is 1.71 bits per heavy atom. The van der Waals surface area contributed by atoms with Crippen LogP contribution >= 0.6 is 27.5 Å². The van der Waals surface area contributed by atoms with E-state index in [1.54, 1.807) is 24.3 Å². The number of benzene rings is 4. The van der Waals surface area contributed by atoms with Crippen molar-refractivity contribution in [1.29, 1.82) is 0 Å². The van der Waals surface area contributed by atoms with E-state index in [0.29, 0.717) is 33.1 Å². The van der Waals surface area contributed by atoms with Crippen molar-refractivity contribution >= 4 is 67.9 Å². The van der Waals surface area contributed by atoms with E-state index in [0.717, 1.165) is 32.4 Å². The molecule has 0 unspecified atom stereocenters. The monoisotopic (exact) mass is 588 g/mol. The lowest BCUT2D eigenvalue weighted by Crippen LogP contribution is -2.54. The maximum absolute atomic E-state index is 13.3. The van der Waals surface area contributed by atoms with Crippen LogP contribution < -0.4 is 15.0 Å². The number of nitrogens with zero attached hydrogens (tertiary/aromatic N) is 1. The molecule has 1 aliphatic rings. The van der Waals surface area contributed by atoms with Gasteiger partial charge in [-0.15, -0.1) is 0 Å². The van der Waals surface area contributed by atoms with Gasteiger partial charge in [0.25, 0.3) is 11.8 Å². The molecule has 1 aliphatic heterocycles. The Hall–Kier alpha value is -3.94. The summed E-state index contributed by atoms with van der Waals surface area (Å²) in [6.07, 6.45) is 1.41. The third-order valence-corrected chi connectivity index (χ3v) is 7.30. The Bertz CT molecular complexity index is 1640. The van der Waals surface area contributed by atoms with Gasteiger partial charge >= 0.3 is 6.03 Å². The van der Waals surface area contributed by atoms with Gasteiger partial charge in [-0.25, -0.2) is 9.69 Å². The fourth-order valence-corrected chi connectivity index (χ4v) is 5.28. The molecular weight excluding hydrogens is 568 g/mol. The Labute approximate surface area is 233 Å². The van der Waals surface area contributed by atoms with Crippen LogP contribution in [0.15, 0.2) is 82.8 Å². The first kappa shape index (κ1) is 25.7. The van der Waals surface area contributed by atoms with Crippen LogP contribution in [0.1, 0.15) is 22.3 Å². The van der Waals surface area contributed by atoms with Gasteiger partial charge in [0.05, 0.1) is 15.2 Å². The number of ether oxygens (including phenoxy) is 1. The molecule has 0 atom stereocenters. The molecule has 6 nitrogen and oxygen atoms in total. The molecule has 4 aromatic carbocycles. The number of barbiturate groups is 1. The second kappa shape index (κ2) is 10.4. The SMILES string of the molecule is Cc1ccc(N2C(=O)NC(=O)/C(=C\c3cc(Cl)c(OCc4cccc5ccccc45)c(Br)c3)C2=O)cc1C. The van der Waals surface area contributed by atoms with Crippen molar-refractivity contribution in [2.45, 2.75) is 20.5 Å². The highest BCUT2D eigenvalue weighted by Crippen LogP contribution is 2.36. The minimum absolute atomic E-state index is 0.185. The van der Waals surface area contributed by atoms with Crippen LogP contribution in [0.3, 0.4) is 0 Å². The number of aryl methyl sites for hydroxylation is 2. The summed E-state index contributed by atoms with van der Waals surface area (Å²) in [5.41, 5.74) is 3.64. The standard InChI is InChI=1S/C30H22BrClN2O4/c1-17-10-11-22(12-18(17)2)34-29(36)24(28(35)33-30(34)37)13-19-14-25(31)27(26(32)15-19)38-16-21-8-5-7-20-6-3-4-9-23(20)21/h3-15H,16H2,1-2H3,(H,33,35,37)/b24-13+. The van der Waals surface area contributed by atoms with E-state index in [-0.39, 0.29) is 5.57 Å². The summed E-state index contributed by atoms with van der Waals surface area (Å²) in [7, 11) is 0. The van der Waals surface area contributed by atoms with Gasteiger partial charge in [0.2, 0.25) is 0 Å². The number of halogens is 2. The van der Waals surface area contributed by atoms with E-state index < -0.39 is 17.8 Å². The predicted octanol–water partition coefficient (Wildman–Crippen LogP) is 7.12. The maximum Gasteiger partial charge on any atom is 0.335 e. The van der Waals surface area contributed by atoms with Crippen molar-refractivity contribution in [3.05, 3.63) is 110 Å². The highest BCUT2D eigenvalue weighted by atomic mass is 79.9. The first-order chi connectivity index (χ1) is 18.2. The quantitative estimate of drug-likeness (QED) is 0.199. The molecule has 0 aromatic heterocycles. The number of rotatable bonds is 5. The number of carbonyl (C=O) groups is 3. The Morgan fingerprint density at radius 1 is 0.947 bits per heavy atom. The molecule has 0 spiro atoms. The normalized spacial score (nSPS) is 14.8. The van der Waals surface area contributed by atoms with Crippen LogP contribution in [-0.4, -0.2) is 17.8 Å². The van der Waals surface area contributed by atoms with Crippen molar-refractivity contribution in [2.24, 2.45) is 0 Å². The van der Waals surface area contributed by atoms with Gasteiger partial charge in [0.1, 0.15) is 12.2 Å². The summed E-state index contributed by atoms with van der Waals surface area (Å²) in [6.45, 7) is 4.12. The molecule has 0 aliphatic carbocycles. The number of fused-ring (bicyclic) bond motifs is 1. The smallest absolute Gasteiger partial charge is 0.335 e. The molecular formula is C30H22BrClN2O4. The second-order valence-electron chi connectivity index (χ2n) is 8.97. The minimum atomic E-state index is -0.795. The number of urea groups is 1. The number of imide groups is 2. The van der Waals surface area contributed by atoms with Crippen LogP contribution in [0.5, 0.6) is 5.75 Å². The number of hydrogen-bond acceptors (Lipinski definition) is 4. The van der Waals surface area contributed by atoms with Crippen LogP contribution in [0, 0.1) is 13.8 Å². The lowest BCUT2D eigenvalue weighted by molar-refractivity contribution is -0.122. The Kier molecular flexibility index (Phi) is 7.06. The zero-order valence-electron chi connectivity index (χ0n) is 20.5. The number of carbonyl (C=O) groups excluding carboxylic acids is 3. The summed E-state index contributed by atoms with van der Waals surface area (Å²) >= 11 is 10.1. The number of amides is 4. The van der Waals surface area contributed by atoms with Crippen molar-refractivity contribution in [2.75, 3.05) is 4.90 Å². The maximum atomic E-state index is 13.3. The van der Waals surface area contributed by atoms with Crippen molar-refractivity contribution in [3.8, 4) is 5.75 Å². The molecule has 38 heavy (non-hydrogen) atoms. The third kappa shape index (κ3) is 4.95. The number of hydrogen-bond donors (Lipinski definition) is 1. The van der Waals surface area contributed by atoms with Gasteiger partial charge in [-0.3, -0.25) is 14.9 Å². The van der Waals surface area contributed by atoms with E-state index in [9.17, 15) is 14.4 Å². The van der Waals surface area contributed by atoms with Crippen molar-refractivity contribution < 1.29 is 19.1 Å². The first-order valence-corrected chi connectivity index (χ1v) is 13.0. The molecule has 1 saturated heterocycles. The fraction of sp³-hybridized carbons (Fsp3) is 0.100. The summed E-state index contributed by atoms with van der Waals surface area (Å²) in [5, 5.41) is 4.76. The van der Waals surface area contributed by atoms with Gasteiger partial charge < -0.3 is 4.74 Å². The molecule has 4 aromatic rings. The van der Waals surface area contributed by atoms with E-state index in [1.807, 2.05) is 62.4 Å². The number of nitrogens with one attached hydrogen (secondary N) is 1. The van der Waals surface area contributed by atoms with Crippen molar-refractivity contribution in [1.82, 2.24) is 5.32 Å². The average Bonchev–Trinajstić information content (AvgIpc) is 2.88. The Morgan fingerprint density at radius 3 is 2.47 bits per heavy atom. The lowest BCUT2D eigenvalue weighted by atomic mass is 10.0. The molecule has 0 bridgehead atoms. The molecule has 8 heteroatoms. The molecule has 1 N–H and O–H groups in total. The zero-order valence-corrected chi connectivity index (χ0v) is 22.9. The second-order valence-corrected chi connectivity index (χ2v) is 10.2. The minimum Gasteiger partial charge on any atom is -0.486 e. The van der Waals surface area contributed by atoms with Crippen LogP contribution in [0.2, 0.25) is 5.02 Å². The van der Waals surface area contributed by atoms with Gasteiger partial charge in [-0.1, -0.05) is 60.1 Å². The third-order valence-electron chi connectivity index (χ3n) is 6.43. The molecule has 0 radical (unpaired) electrons. The molecule has 190 valence electrons. The van der Waals surface area contributed by atoms with Crippen molar-refractivity contribution in [3.63, 3.8) is 0 Å². The van der Waals surface area contributed by atoms with Crippen LogP contribution in [0.4, 0.5) is 10.5 Å². The average molecular weight is 590 g/mol. The van der Waals surface area contributed by atoms with E-state index in [2.05, 4.69) is 21.2 Å². The Balaban J connectivity index is 1.42. The zero-order chi connectivity index (χ0) is 27.0.